The average molecular weight is 844 g/mol. The van der Waals surface area contributed by atoms with Gasteiger partial charge < -0.3 is 20.3 Å². The summed E-state index contributed by atoms with van der Waals surface area (Å²) in [5.41, 5.74) is 0. The zero-order valence-corrected chi connectivity index (χ0v) is 39.9. The molecule has 3 N–H and O–H groups in total. The summed E-state index contributed by atoms with van der Waals surface area (Å²) in [4.78, 5) is 24.5. The molecule has 6 nitrogen and oxygen atoms in total. The Kier molecular flexibility index (Phi) is 48.1. The number of carbonyl (C=O) groups is 2. The van der Waals surface area contributed by atoms with Crippen molar-refractivity contribution in [3.05, 3.63) is 36.5 Å². The molecule has 0 aliphatic heterocycles. The van der Waals surface area contributed by atoms with E-state index < -0.39 is 12.1 Å². The Morgan fingerprint density at radius 1 is 0.450 bits per heavy atom. The molecule has 0 aromatic carbocycles. The van der Waals surface area contributed by atoms with Crippen LogP contribution in [-0.2, 0) is 14.3 Å². The van der Waals surface area contributed by atoms with E-state index in [4.69, 9.17) is 4.74 Å². The summed E-state index contributed by atoms with van der Waals surface area (Å²) >= 11 is 0. The number of hydrogen-bond donors (Lipinski definition) is 3. The molecule has 0 radical (unpaired) electrons. The van der Waals surface area contributed by atoms with Crippen molar-refractivity contribution in [2.24, 2.45) is 0 Å². The average Bonchev–Trinajstić information content (AvgIpc) is 3.25. The minimum Gasteiger partial charge on any atom is -0.466 e. The first kappa shape index (κ1) is 58.1. The largest absolute Gasteiger partial charge is 0.466 e. The Labute approximate surface area is 373 Å². The van der Waals surface area contributed by atoms with Crippen molar-refractivity contribution in [2.45, 2.75) is 283 Å². The van der Waals surface area contributed by atoms with Crippen molar-refractivity contribution in [3.63, 3.8) is 0 Å². The lowest BCUT2D eigenvalue weighted by Gasteiger charge is -2.20. The third kappa shape index (κ3) is 45.6. The highest BCUT2D eigenvalue weighted by molar-refractivity contribution is 5.76. The van der Waals surface area contributed by atoms with Crippen molar-refractivity contribution >= 4 is 11.9 Å². The van der Waals surface area contributed by atoms with Crippen LogP contribution in [0.2, 0.25) is 0 Å². The van der Waals surface area contributed by atoms with Crippen LogP contribution in [0.15, 0.2) is 36.5 Å². The maximum atomic E-state index is 12.4. The molecule has 352 valence electrons. The van der Waals surface area contributed by atoms with Crippen molar-refractivity contribution in [1.29, 1.82) is 0 Å². The van der Waals surface area contributed by atoms with Gasteiger partial charge in [0.2, 0.25) is 5.91 Å². The van der Waals surface area contributed by atoms with Gasteiger partial charge in [0.05, 0.1) is 25.4 Å². The van der Waals surface area contributed by atoms with Crippen LogP contribution in [0.4, 0.5) is 0 Å². The highest BCUT2D eigenvalue weighted by Crippen LogP contribution is 2.15. The minimum atomic E-state index is -0.867. The normalized spacial score (nSPS) is 12.9. The Balaban J connectivity index is 3.57. The first-order valence-electron chi connectivity index (χ1n) is 26.3. The van der Waals surface area contributed by atoms with Crippen LogP contribution in [0.25, 0.3) is 0 Å². The third-order valence-corrected chi connectivity index (χ3v) is 11.9. The van der Waals surface area contributed by atoms with E-state index in [0.717, 1.165) is 77.0 Å². The number of nitrogens with one attached hydrogen (secondary N) is 1. The quantitative estimate of drug-likeness (QED) is 0.0322. The lowest BCUT2D eigenvalue weighted by molar-refractivity contribution is -0.143. The molecular formula is C54H101NO5. The number of allylic oxidation sites excluding steroid dienone is 5. The monoisotopic (exact) mass is 844 g/mol. The van der Waals surface area contributed by atoms with Gasteiger partial charge in [-0.3, -0.25) is 9.59 Å². The predicted molar refractivity (Wildman–Crippen MR) is 259 cm³/mol. The molecule has 0 rings (SSSR count). The summed E-state index contributed by atoms with van der Waals surface area (Å²) in [6.45, 7) is 4.80. The number of unbranched alkanes of at least 4 members (excludes halogenated alkanes) is 33. The third-order valence-electron chi connectivity index (χ3n) is 11.9. The molecule has 2 unspecified atom stereocenters. The molecule has 0 heterocycles. The predicted octanol–water partition coefficient (Wildman–Crippen LogP) is 15.7. The first-order chi connectivity index (χ1) is 29.5. The van der Waals surface area contributed by atoms with E-state index in [1.807, 2.05) is 6.08 Å². The van der Waals surface area contributed by atoms with Crippen LogP contribution in [-0.4, -0.2) is 47.4 Å². The van der Waals surface area contributed by atoms with E-state index in [0.29, 0.717) is 19.4 Å². The number of hydrogen-bond acceptors (Lipinski definition) is 5. The van der Waals surface area contributed by atoms with Crippen LogP contribution in [0, 0.1) is 0 Å². The fourth-order valence-corrected chi connectivity index (χ4v) is 7.80. The standard InChI is InChI=1S/C54H101NO5/c1-3-5-7-9-11-13-15-17-19-20-21-23-24-26-30-34-38-42-46-52(57)51(50-56)55-53(58)47-43-39-35-31-28-29-33-37-41-45-49-60-54(59)48-44-40-36-32-27-25-22-18-16-14-12-10-8-6-4-2/h18,22,29,33,42,46,51-52,56-57H,3-17,19-21,23-28,30-32,34-41,43-45,47-50H2,1-2H3,(H,55,58)/b22-18-,33-29-,46-42+. The molecule has 0 aliphatic rings. The molecule has 0 spiro atoms. The smallest absolute Gasteiger partial charge is 0.305 e. The van der Waals surface area contributed by atoms with Gasteiger partial charge >= 0.3 is 5.97 Å². The molecular weight excluding hydrogens is 743 g/mol. The minimum absolute atomic E-state index is 0.0466. The molecule has 2 atom stereocenters. The van der Waals surface area contributed by atoms with E-state index in [1.54, 1.807) is 6.08 Å². The summed E-state index contributed by atoms with van der Waals surface area (Å²) in [5, 5.41) is 23.1. The van der Waals surface area contributed by atoms with Gasteiger partial charge in [-0.2, -0.15) is 0 Å². The van der Waals surface area contributed by atoms with E-state index >= 15 is 0 Å². The molecule has 0 aliphatic carbocycles. The van der Waals surface area contributed by atoms with Gasteiger partial charge in [0.15, 0.2) is 0 Å². The van der Waals surface area contributed by atoms with Crippen LogP contribution in [0.1, 0.15) is 271 Å². The number of aliphatic hydroxyl groups is 2. The van der Waals surface area contributed by atoms with Crippen molar-refractivity contribution in [2.75, 3.05) is 13.2 Å². The Morgan fingerprint density at radius 3 is 1.18 bits per heavy atom. The lowest BCUT2D eigenvalue weighted by Crippen LogP contribution is -2.45. The van der Waals surface area contributed by atoms with Crippen LogP contribution >= 0.6 is 0 Å². The second kappa shape index (κ2) is 49.7. The fraction of sp³-hybridized carbons (Fsp3) is 0.852. The summed E-state index contributed by atoms with van der Waals surface area (Å²) < 4.78 is 5.43. The van der Waals surface area contributed by atoms with Gasteiger partial charge in [-0.25, -0.2) is 0 Å². The van der Waals surface area contributed by atoms with Crippen molar-refractivity contribution in [1.82, 2.24) is 5.32 Å². The van der Waals surface area contributed by atoms with Gasteiger partial charge in [-0.05, 0) is 83.5 Å². The second-order valence-corrected chi connectivity index (χ2v) is 17.8. The second-order valence-electron chi connectivity index (χ2n) is 17.8. The number of amides is 1. The molecule has 0 aromatic rings. The number of esters is 1. The molecule has 0 aromatic heterocycles. The van der Waals surface area contributed by atoms with Gasteiger partial charge in [0, 0.05) is 12.8 Å². The number of rotatable bonds is 48. The molecule has 6 heteroatoms. The topological polar surface area (TPSA) is 95.9 Å². The SMILES string of the molecule is CCCCCCCC/C=C\CCCCCCCC(=O)OCCCC/C=C\CCCCCCC(=O)NC(CO)C(O)/C=C/CCCCCCCCCCCCCCCCCC. The summed E-state index contributed by atoms with van der Waals surface area (Å²) in [6, 6.07) is -0.654. The van der Waals surface area contributed by atoms with Crippen LogP contribution in [0.5, 0.6) is 0 Å². The highest BCUT2D eigenvalue weighted by Gasteiger charge is 2.18. The number of aliphatic hydroxyl groups excluding tert-OH is 2. The van der Waals surface area contributed by atoms with E-state index in [1.165, 1.54) is 167 Å². The van der Waals surface area contributed by atoms with Crippen molar-refractivity contribution < 1.29 is 24.5 Å². The van der Waals surface area contributed by atoms with Gasteiger partial charge in [-0.1, -0.05) is 211 Å². The maximum absolute atomic E-state index is 12.4. The van der Waals surface area contributed by atoms with E-state index in [2.05, 4.69) is 43.5 Å². The van der Waals surface area contributed by atoms with E-state index in [-0.39, 0.29) is 18.5 Å². The van der Waals surface area contributed by atoms with Crippen molar-refractivity contribution in [3.8, 4) is 0 Å². The highest BCUT2D eigenvalue weighted by atomic mass is 16.5. The first-order valence-corrected chi connectivity index (χ1v) is 26.3. The fourth-order valence-electron chi connectivity index (χ4n) is 7.80. The zero-order chi connectivity index (χ0) is 43.7. The zero-order valence-electron chi connectivity index (χ0n) is 39.9. The maximum Gasteiger partial charge on any atom is 0.305 e. The molecule has 0 saturated heterocycles. The Morgan fingerprint density at radius 2 is 0.783 bits per heavy atom. The lowest BCUT2D eigenvalue weighted by atomic mass is 10.0. The molecule has 0 saturated carbocycles. The van der Waals surface area contributed by atoms with Gasteiger partial charge in [0.25, 0.3) is 0 Å². The molecule has 60 heavy (non-hydrogen) atoms. The van der Waals surface area contributed by atoms with Gasteiger partial charge in [-0.15, -0.1) is 0 Å². The Bertz CT molecular complexity index is 977. The van der Waals surface area contributed by atoms with Crippen LogP contribution in [0.3, 0.4) is 0 Å². The molecule has 0 fully saturated rings. The number of ether oxygens (including phenoxy) is 1. The molecule has 0 bridgehead atoms. The Hall–Kier alpha value is -1.92. The van der Waals surface area contributed by atoms with Crippen LogP contribution < -0.4 is 5.32 Å². The summed E-state index contributed by atoms with van der Waals surface area (Å²) in [5.74, 6) is -0.150. The summed E-state index contributed by atoms with van der Waals surface area (Å²) in [6.07, 6.45) is 60.0. The number of carbonyl (C=O) groups excluding carboxylic acids is 2. The summed E-state index contributed by atoms with van der Waals surface area (Å²) in [7, 11) is 0. The molecule has 1 amide bonds. The van der Waals surface area contributed by atoms with Gasteiger partial charge in [0.1, 0.15) is 0 Å². The van der Waals surface area contributed by atoms with E-state index in [9.17, 15) is 19.8 Å².